The molecule has 0 aliphatic carbocycles. The molecule has 222 valence electrons. The summed E-state index contributed by atoms with van der Waals surface area (Å²) in [7, 11) is 0. The van der Waals surface area contributed by atoms with Crippen LogP contribution in [0.15, 0.2) is 24.4 Å². The summed E-state index contributed by atoms with van der Waals surface area (Å²) < 4.78 is 0. The predicted molar refractivity (Wildman–Crippen MR) is 152 cm³/mol. The quantitative estimate of drug-likeness (QED) is 0.109. The molecule has 0 aliphatic heterocycles. The molecule has 3 unspecified atom stereocenters. The maximum atomic E-state index is 13.1. The van der Waals surface area contributed by atoms with E-state index < -0.39 is 41.4 Å². The first kappa shape index (κ1) is 34.7. The van der Waals surface area contributed by atoms with Gasteiger partial charge in [0.2, 0.25) is 0 Å². The van der Waals surface area contributed by atoms with Crippen molar-refractivity contribution in [2.24, 2.45) is 0 Å². The minimum absolute atomic E-state index is 0.199. The van der Waals surface area contributed by atoms with E-state index in [1.54, 1.807) is 12.1 Å². The lowest BCUT2D eigenvalue weighted by atomic mass is 9.82. The third-order valence-corrected chi connectivity index (χ3v) is 7.23. The first-order chi connectivity index (χ1) is 18.6. The van der Waals surface area contributed by atoms with E-state index in [1.165, 1.54) is 83.4 Å². The van der Waals surface area contributed by atoms with Gasteiger partial charge < -0.3 is 26.0 Å². The molecule has 0 spiro atoms. The standard InChI is InChI=1S/C30H51N3O6/c1-4-5-6-7-8-9-10-11-12-13-14-15-16-18-22-32-27(36)30(39,29(3,38)23-34)28(37)33-26(24(2)35)25-20-17-19-21-31-25/h17,19-21,26,34,38-39H,4-16,18,22-23H2,1-3H3,(H,32,36)(H,33,37). The van der Waals surface area contributed by atoms with Crippen LogP contribution < -0.4 is 10.6 Å². The topological polar surface area (TPSA) is 149 Å². The third-order valence-electron chi connectivity index (χ3n) is 7.23. The molecule has 5 N–H and O–H groups in total. The second kappa shape index (κ2) is 18.8. The van der Waals surface area contributed by atoms with Crippen molar-refractivity contribution in [2.75, 3.05) is 13.2 Å². The molecule has 1 aromatic heterocycles. The SMILES string of the molecule is CCCCCCCCCCCCCCCCNC(=O)C(O)(C(=O)NC(C(C)=O)c1ccccn1)C(C)(O)CO. The van der Waals surface area contributed by atoms with Crippen LogP contribution in [0.3, 0.4) is 0 Å². The summed E-state index contributed by atoms with van der Waals surface area (Å²) in [4.78, 5) is 42.3. The normalized spacial score (nSPS) is 15.1. The summed E-state index contributed by atoms with van der Waals surface area (Å²) in [6.07, 6.45) is 18.1. The Bertz CT molecular complexity index is 848. The van der Waals surface area contributed by atoms with E-state index in [1.807, 2.05) is 0 Å². The van der Waals surface area contributed by atoms with Crippen molar-refractivity contribution >= 4 is 17.6 Å². The number of amides is 2. The zero-order valence-corrected chi connectivity index (χ0v) is 24.2. The fourth-order valence-corrected chi connectivity index (χ4v) is 4.52. The Kier molecular flexibility index (Phi) is 16.7. The number of Topliss-reactive ketones (excluding diaryl/α,β-unsaturated/α-hetero) is 1. The minimum atomic E-state index is -3.03. The van der Waals surface area contributed by atoms with Crippen molar-refractivity contribution in [3.05, 3.63) is 30.1 Å². The summed E-state index contributed by atoms with van der Waals surface area (Å²) in [5, 5.41) is 36.2. The van der Waals surface area contributed by atoms with Gasteiger partial charge in [0.05, 0.1) is 12.3 Å². The molecule has 0 radical (unpaired) electrons. The highest BCUT2D eigenvalue weighted by atomic mass is 16.4. The van der Waals surface area contributed by atoms with Crippen molar-refractivity contribution in [1.82, 2.24) is 15.6 Å². The molecule has 9 heteroatoms. The maximum absolute atomic E-state index is 13.1. The largest absolute Gasteiger partial charge is 0.393 e. The highest BCUT2D eigenvalue weighted by Crippen LogP contribution is 2.25. The number of nitrogens with zero attached hydrogens (tertiary/aromatic N) is 1. The molecule has 39 heavy (non-hydrogen) atoms. The minimum Gasteiger partial charge on any atom is -0.393 e. The van der Waals surface area contributed by atoms with Gasteiger partial charge in [-0.3, -0.25) is 19.4 Å². The molecule has 0 fully saturated rings. The number of carbonyl (C=O) groups excluding carboxylic acids is 3. The van der Waals surface area contributed by atoms with Gasteiger partial charge in [-0.15, -0.1) is 0 Å². The second-order valence-electron chi connectivity index (χ2n) is 10.8. The van der Waals surface area contributed by atoms with Gasteiger partial charge in [-0.25, -0.2) is 0 Å². The number of hydrogen-bond acceptors (Lipinski definition) is 7. The molecular weight excluding hydrogens is 498 g/mol. The monoisotopic (exact) mass is 549 g/mol. The lowest BCUT2D eigenvalue weighted by molar-refractivity contribution is -0.189. The summed E-state index contributed by atoms with van der Waals surface area (Å²) in [5.74, 6) is -2.92. The number of pyridine rings is 1. The van der Waals surface area contributed by atoms with Gasteiger partial charge >= 0.3 is 0 Å². The Balaban J connectivity index is 2.46. The molecule has 1 rings (SSSR count). The van der Waals surface area contributed by atoms with Crippen molar-refractivity contribution in [3.63, 3.8) is 0 Å². The number of rotatable bonds is 22. The smallest absolute Gasteiger partial charge is 0.265 e. The average molecular weight is 550 g/mol. The first-order valence-electron chi connectivity index (χ1n) is 14.7. The number of aliphatic hydroxyl groups excluding tert-OH is 1. The predicted octanol–water partition coefficient (Wildman–Crippen LogP) is 3.90. The van der Waals surface area contributed by atoms with E-state index in [0.717, 1.165) is 26.2 Å². The van der Waals surface area contributed by atoms with E-state index in [-0.39, 0.29) is 12.2 Å². The molecule has 0 aliphatic rings. The lowest BCUT2D eigenvalue weighted by Gasteiger charge is -2.37. The molecule has 1 heterocycles. The highest BCUT2D eigenvalue weighted by molar-refractivity contribution is 6.10. The second-order valence-corrected chi connectivity index (χ2v) is 10.8. The van der Waals surface area contributed by atoms with Crippen LogP contribution in [0.1, 0.15) is 122 Å². The maximum Gasteiger partial charge on any atom is 0.265 e. The van der Waals surface area contributed by atoms with Gasteiger partial charge in [0.1, 0.15) is 11.6 Å². The summed E-state index contributed by atoms with van der Waals surface area (Å²) in [6.45, 7) is 3.60. The number of hydrogen-bond donors (Lipinski definition) is 5. The Labute approximate surface area is 234 Å². The molecule has 1 aromatic rings. The summed E-state index contributed by atoms with van der Waals surface area (Å²) >= 11 is 0. The van der Waals surface area contributed by atoms with E-state index in [2.05, 4.69) is 22.5 Å². The fraction of sp³-hybridized carbons (Fsp3) is 0.733. The van der Waals surface area contributed by atoms with Crippen molar-refractivity contribution < 1.29 is 29.7 Å². The molecule has 3 atom stereocenters. The van der Waals surface area contributed by atoms with Crippen LogP contribution in [-0.2, 0) is 14.4 Å². The van der Waals surface area contributed by atoms with Crippen LogP contribution in [0.4, 0.5) is 0 Å². The Morgan fingerprint density at radius 3 is 1.79 bits per heavy atom. The van der Waals surface area contributed by atoms with Crippen molar-refractivity contribution in [1.29, 1.82) is 0 Å². The molecule has 0 aromatic carbocycles. The van der Waals surface area contributed by atoms with E-state index >= 15 is 0 Å². The van der Waals surface area contributed by atoms with Crippen LogP contribution >= 0.6 is 0 Å². The average Bonchev–Trinajstić information content (AvgIpc) is 2.93. The summed E-state index contributed by atoms with van der Waals surface area (Å²) in [5.41, 5.74) is -5.31. The van der Waals surface area contributed by atoms with Gasteiger partial charge in [0.15, 0.2) is 5.78 Å². The number of carbonyl (C=O) groups is 3. The van der Waals surface area contributed by atoms with Crippen LogP contribution in [-0.4, -0.2) is 62.3 Å². The fourth-order valence-electron chi connectivity index (χ4n) is 4.52. The van der Waals surface area contributed by atoms with Crippen LogP contribution in [0, 0.1) is 0 Å². The molecule has 2 amide bonds. The van der Waals surface area contributed by atoms with Crippen molar-refractivity contribution in [2.45, 2.75) is 128 Å². The number of aromatic nitrogens is 1. The van der Waals surface area contributed by atoms with Gasteiger partial charge in [-0.05, 0) is 32.4 Å². The Morgan fingerprint density at radius 2 is 1.36 bits per heavy atom. The summed E-state index contributed by atoms with van der Waals surface area (Å²) in [6, 6.07) is 3.55. The Hall–Kier alpha value is -2.36. The zero-order valence-electron chi connectivity index (χ0n) is 24.2. The first-order valence-corrected chi connectivity index (χ1v) is 14.7. The molecule has 0 bridgehead atoms. The number of ketones is 1. The number of nitrogens with one attached hydrogen (secondary N) is 2. The molecule has 0 saturated heterocycles. The van der Waals surface area contributed by atoms with Gasteiger partial charge in [-0.2, -0.15) is 0 Å². The number of aliphatic hydroxyl groups is 3. The zero-order chi connectivity index (χ0) is 29.2. The van der Waals surface area contributed by atoms with Gasteiger partial charge in [-0.1, -0.05) is 96.5 Å². The van der Waals surface area contributed by atoms with Gasteiger partial charge in [0, 0.05) is 12.7 Å². The Morgan fingerprint density at radius 1 is 0.846 bits per heavy atom. The van der Waals surface area contributed by atoms with Crippen LogP contribution in [0.25, 0.3) is 0 Å². The van der Waals surface area contributed by atoms with Crippen LogP contribution in [0.2, 0.25) is 0 Å². The van der Waals surface area contributed by atoms with E-state index in [0.29, 0.717) is 6.42 Å². The van der Waals surface area contributed by atoms with Gasteiger partial charge in [0.25, 0.3) is 17.4 Å². The third kappa shape index (κ3) is 11.7. The molecule has 0 saturated carbocycles. The number of unbranched alkanes of at least 4 members (excludes halogenated alkanes) is 13. The van der Waals surface area contributed by atoms with E-state index in [9.17, 15) is 29.7 Å². The highest BCUT2D eigenvalue weighted by Gasteiger charge is 2.58. The molecule has 9 nitrogen and oxygen atoms in total. The van der Waals surface area contributed by atoms with Crippen LogP contribution in [0.5, 0.6) is 0 Å². The lowest BCUT2D eigenvalue weighted by Crippen LogP contribution is -2.70. The molecular formula is C30H51N3O6. The van der Waals surface area contributed by atoms with Crippen molar-refractivity contribution in [3.8, 4) is 0 Å². The van der Waals surface area contributed by atoms with E-state index in [4.69, 9.17) is 0 Å².